The largest absolute Gasteiger partial charge is 0.496 e. The van der Waals surface area contributed by atoms with Gasteiger partial charge < -0.3 is 25.0 Å². The molecule has 0 spiro atoms. The molecule has 0 saturated carbocycles. The summed E-state index contributed by atoms with van der Waals surface area (Å²) in [6.45, 7) is 1.46. The highest BCUT2D eigenvalue weighted by Crippen LogP contribution is 2.34. The number of likely N-dealkylation sites (N-methyl/N-ethyl adjacent to an activating group) is 1. The van der Waals surface area contributed by atoms with Crippen molar-refractivity contribution in [3.8, 4) is 5.75 Å². The lowest BCUT2D eigenvalue weighted by molar-refractivity contribution is -0.384. The first kappa shape index (κ1) is 29.7. The van der Waals surface area contributed by atoms with Crippen molar-refractivity contribution in [1.82, 2.24) is 9.88 Å². The molecule has 4 aromatic rings. The number of pyridine rings is 1. The average Bonchev–Trinajstić information content (AvgIpc) is 2.96. The molecule has 0 saturated heterocycles. The van der Waals surface area contributed by atoms with Crippen molar-refractivity contribution in [3.05, 3.63) is 108 Å². The van der Waals surface area contributed by atoms with Gasteiger partial charge in [-0.2, -0.15) is 0 Å². The molecule has 4 rings (SSSR count). The molecular weight excluding hydrogens is 599 g/mol. The molecule has 3 aromatic carbocycles. The fraction of sp³-hybridized carbons (Fsp3) is 0.241. The molecule has 41 heavy (non-hydrogen) atoms. The summed E-state index contributed by atoms with van der Waals surface area (Å²) < 4.78 is 21.7. The minimum atomic E-state index is -1.27. The number of benzene rings is 3. The number of fused-ring (bicyclic) bond motifs is 1. The molecule has 1 aromatic heterocycles. The number of hydrogen-bond donors (Lipinski definition) is 3. The van der Waals surface area contributed by atoms with Crippen molar-refractivity contribution >= 4 is 44.0 Å². The molecule has 0 bridgehead atoms. The first-order valence-corrected chi connectivity index (χ1v) is 13.4. The standard InChI is InChI=1S/C29H28BrFN4O6/c1-16(15-36)21-12-25(31)23(13-26(21)41-3)27(33-19-5-4-17-8-9-32-28(37)22(17)11-19)29(38)34(2)14-18-10-20(35(39)40)6-7-24(18)30/h4-13,16,27,33,36H,14-15H2,1-3H3,(H,32,37)/t16-,27?/m0/s1. The Hall–Kier alpha value is -4.29. The molecule has 0 radical (unpaired) electrons. The van der Waals surface area contributed by atoms with E-state index in [0.717, 1.165) is 0 Å². The van der Waals surface area contributed by atoms with Crippen LogP contribution in [0.4, 0.5) is 15.8 Å². The van der Waals surface area contributed by atoms with Gasteiger partial charge in [0.25, 0.3) is 11.2 Å². The van der Waals surface area contributed by atoms with Crippen LogP contribution in [-0.2, 0) is 11.3 Å². The molecule has 1 heterocycles. The number of ether oxygens (including phenoxy) is 1. The molecule has 1 amide bonds. The van der Waals surface area contributed by atoms with Crippen LogP contribution in [-0.4, -0.2) is 46.6 Å². The van der Waals surface area contributed by atoms with Gasteiger partial charge in [-0.25, -0.2) is 4.39 Å². The predicted molar refractivity (Wildman–Crippen MR) is 157 cm³/mol. The van der Waals surface area contributed by atoms with Crippen LogP contribution in [0, 0.1) is 15.9 Å². The van der Waals surface area contributed by atoms with E-state index >= 15 is 4.39 Å². The highest BCUT2D eigenvalue weighted by Gasteiger charge is 2.29. The zero-order valence-corrected chi connectivity index (χ0v) is 24.1. The first-order valence-electron chi connectivity index (χ1n) is 12.6. The first-order chi connectivity index (χ1) is 19.5. The fourth-order valence-electron chi connectivity index (χ4n) is 4.53. The average molecular weight is 627 g/mol. The van der Waals surface area contributed by atoms with Crippen molar-refractivity contribution in [2.75, 3.05) is 26.1 Å². The van der Waals surface area contributed by atoms with E-state index in [9.17, 15) is 24.8 Å². The van der Waals surface area contributed by atoms with Gasteiger partial charge >= 0.3 is 0 Å². The van der Waals surface area contributed by atoms with Crippen LogP contribution < -0.4 is 15.6 Å². The Morgan fingerprint density at radius 2 is 1.95 bits per heavy atom. The number of H-pyrrole nitrogens is 1. The maximum Gasteiger partial charge on any atom is 0.269 e. The van der Waals surface area contributed by atoms with Crippen molar-refractivity contribution in [1.29, 1.82) is 0 Å². The van der Waals surface area contributed by atoms with Gasteiger partial charge in [0.2, 0.25) is 5.91 Å². The summed E-state index contributed by atoms with van der Waals surface area (Å²) in [5.41, 5.74) is 0.836. The van der Waals surface area contributed by atoms with E-state index in [1.807, 2.05) is 0 Å². The summed E-state index contributed by atoms with van der Waals surface area (Å²) >= 11 is 3.38. The van der Waals surface area contributed by atoms with Gasteiger partial charge in [0.1, 0.15) is 17.6 Å². The highest BCUT2D eigenvalue weighted by molar-refractivity contribution is 9.10. The van der Waals surface area contributed by atoms with Crippen molar-refractivity contribution in [2.24, 2.45) is 0 Å². The van der Waals surface area contributed by atoms with Gasteiger partial charge in [0.05, 0.1) is 12.0 Å². The number of rotatable bonds is 10. The Morgan fingerprint density at radius 1 is 1.20 bits per heavy atom. The van der Waals surface area contributed by atoms with Crippen molar-refractivity contribution < 1.29 is 24.0 Å². The minimum Gasteiger partial charge on any atom is -0.496 e. The topological polar surface area (TPSA) is 138 Å². The van der Waals surface area contributed by atoms with Gasteiger partial charge in [-0.1, -0.05) is 28.9 Å². The van der Waals surface area contributed by atoms with E-state index in [1.165, 1.54) is 55.6 Å². The normalized spacial score (nSPS) is 12.5. The molecule has 10 nitrogen and oxygen atoms in total. The molecule has 2 atom stereocenters. The van der Waals surface area contributed by atoms with E-state index in [4.69, 9.17) is 4.74 Å². The molecule has 214 valence electrons. The second-order valence-electron chi connectivity index (χ2n) is 9.61. The Labute approximate surface area is 243 Å². The van der Waals surface area contributed by atoms with Crippen LogP contribution in [0.5, 0.6) is 5.75 Å². The number of nitrogens with one attached hydrogen (secondary N) is 2. The van der Waals surface area contributed by atoms with Crippen LogP contribution in [0.15, 0.2) is 70.1 Å². The molecular formula is C29H28BrFN4O6. The number of nitrogens with zero attached hydrogens (tertiary/aromatic N) is 2. The second-order valence-corrected chi connectivity index (χ2v) is 10.5. The van der Waals surface area contributed by atoms with E-state index in [1.54, 1.807) is 31.2 Å². The van der Waals surface area contributed by atoms with Gasteiger partial charge in [-0.05, 0) is 47.3 Å². The van der Waals surface area contributed by atoms with Gasteiger partial charge in [-0.3, -0.25) is 19.7 Å². The third kappa shape index (κ3) is 6.39. The summed E-state index contributed by atoms with van der Waals surface area (Å²) in [6.07, 6.45) is 1.53. The molecule has 0 aliphatic carbocycles. The van der Waals surface area contributed by atoms with Gasteiger partial charge in [0, 0.05) is 71.1 Å². The molecule has 0 aliphatic heterocycles. The molecule has 1 unspecified atom stereocenters. The van der Waals surface area contributed by atoms with E-state index in [-0.39, 0.29) is 30.0 Å². The highest BCUT2D eigenvalue weighted by atomic mass is 79.9. The molecule has 3 N–H and O–H groups in total. The van der Waals surface area contributed by atoms with E-state index < -0.39 is 28.6 Å². The molecule has 12 heteroatoms. The van der Waals surface area contributed by atoms with Crippen molar-refractivity contribution in [2.45, 2.75) is 25.4 Å². The number of anilines is 1. The number of carbonyl (C=O) groups excluding carboxylic acids is 1. The quantitative estimate of drug-likeness (QED) is 0.161. The number of amides is 1. The summed E-state index contributed by atoms with van der Waals surface area (Å²) in [5, 5.41) is 25.1. The lowest BCUT2D eigenvalue weighted by Gasteiger charge is -2.27. The number of carbonyl (C=O) groups is 1. The lowest BCUT2D eigenvalue weighted by atomic mass is 9.95. The number of aliphatic hydroxyl groups excluding tert-OH is 1. The number of halogens is 2. The number of aromatic nitrogens is 1. The third-order valence-corrected chi connectivity index (χ3v) is 7.60. The van der Waals surface area contributed by atoms with Gasteiger partial charge in [-0.15, -0.1) is 0 Å². The number of methoxy groups -OCH3 is 1. The summed E-state index contributed by atoms with van der Waals surface area (Å²) in [5.74, 6) is -1.37. The monoisotopic (exact) mass is 626 g/mol. The summed E-state index contributed by atoms with van der Waals surface area (Å²) in [4.78, 5) is 41.0. The fourth-order valence-corrected chi connectivity index (χ4v) is 4.90. The number of aromatic amines is 1. The smallest absolute Gasteiger partial charge is 0.269 e. The number of aliphatic hydroxyl groups is 1. The number of nitro groups is 1. The molecule has 0 aliphatic rings. The number of hydrogen-bond acceptors (Lipinski definition) is 7. The minimum absolute atomic E-state index is 0.0188. The second kappa shape index (κ2) is 12.5. The summed E-state index contributed by atoms with van der Waals surface area (Å²) in [6, 6.07) is 12.3. The van der Waals surface area contributed by atoms with Crippen LogP contribution in [0.1, 0.15) is 35.6 Å². The van der Waals surface area contributed by atoms with Crippen LogP contribution in [0.3, 0.4) is 0 Å². The van der Waals surface area contributed by atoms with Crippen molar-refractivity contribution in [3.63, 3.8) is 0 Å². The zero-order chi connectivity index (χ0) is 29.8. The Bertz CT molecular complexity index is 1680. The molecule has 0 fully saturated rings. The van der Waals surface area contributed by atoms with Crippen LogP contribution >= 0.6 is 15.9 Å². The number of non-ortho nitro benzene ring substituents is 1. The maximum absolute atomic E-state index is 15.7. The van der Waals surface area contributed by atoms with E-state index in [2.05, 4.69) is 26.2 Å². The summed E-state index contributed by atoms with van der Waals surface area (Å²) in [7, 11) is 2.92. The van der Waals surface area contributed by atoms with Crippen LogP contribution in [0.2, 0.25) is 0 Å². The predicted octanol–water partition coefficient (Wildman–Crippen LogP) is 5.25. The Balaban J connectivity index is 1.78. The third-order valence-electron chi connectivity index (χ3n) is 6.82. The number of nitro benzene ring substituents is 1. The SMILES string of the molecule is COc1cc(C(Nc2ccc3cc[nH]c(=O)c3c2)C(=O)N(C)Cc2cc([N+](=O)[O-])ccc2Br)c(F)cc1[C@@H](C)CO. The Morgan fingerprint density at radius 3 is 2.63 bits per heavy atom. The Kier molecular flexibility index (Phi) is 9.04. The van der Waals surface area contributed by atoms with Crippen LogP contribution in [0.25, 0.3) is 10.8 Å². The van der Waals surface area contributed by atoms with Gasteiger partial charge in [0.15, 0.2) is 0 Å². The van der Waals surface area contributed by atoms with E-state index in [0.29, 0.717) is 37.8 Å². The maximum atomic E-state index is 15.7. The zero-order valence-electron chi connectivity index (χ0n) is 22.5. The lowest BCUT2D eigenvalue weighted by Crippen LogP contribution is -2.35.